The van der Waals surface area contributed by atoms with Crippen molar-refractivity contribution in [2.45, 2.75) is 39.0 Å². The normalized spacial score (nSPS) is 26.8. The van der Waals surface area contributed by atoms with E-state index in [1.54, 1.807) is 0 Å². The monoisotopic (exact) mass is 383 g/mol. The number of hydrogen-bond donors (Lipinski definition) is 1. The second-order valence-electron chi connectivity index (χ2n) is 5.49. The van der Waals surface area contributed by atoms with Gasteiger partial charge in [0.15, 0.2) is 5.96 Å². The van der Waals surface area contributed by atoms with E-state index in [0.29, 0.717) is 13.0 Å². The quantitative estimate of drug-likeness (QED) is 0.350. The minimum absolute atomic E-state index is 0. The molecule has 19 heavy (non-hydrogen) atoms. The van der Waals surface area contributed by atoms with Crippen LogP contribution < -0.4 is 5.32 Å². The Labute approximate surface area is 133 Å². The van der Waals surface area contributed by atoms with Gasteiger partial charge in [0.1, 0.15) is 0 Å². The van der Waals surface area contributed by atoms with E-state index in [9.17, 15) is 4.39 Å². The molecule has 0 amide bonds. The van der Waals surface area contributed by atoms with Crippen molar-refractivity contribution in [3.8, 4) is 0 Å². The molecule has 1 saturated carbocycles. The summed E-state index contributed by atoms with van der Waals surface area (Å²) in [5, 5.41) is 3.35. The molecule has 2 aliphatic rings. The molecule has 1 aliphatic heterocycles. The lowest BCUT2D eigenvalue weighted by molar-refractivity contribution is 0.299. The number of nitrogens with zero attached hydrogens (tertiary/aromatic N) is 2. The summed E-state index contributed by atoms with van der Waals surface area (Å²) in [5.41, 5.74) is 0. The molecule has 2 fully saturated rings. The third kappa shape index (κ3) is 4.76. The number of rotatable bonds is 4. The molecule has 3 nitrogen and oxygen atoms in total. The van der Waals surface area contributed by atoms with E-state index in [1.165, 1.54) is 25.7 Å². The van der Waals surface area contributed by atoms with Crippen LogP contribution in [-0.4, -0.2) is 43.7 Å². The first kappa shape index (κ1) is 17.0. The van der Waals surface area contributed by atoms with Crippen LogP contribution in [-0.2, 0) is 0 Å². The largest absolute Gasteiger partial charge is 0.357 e. The molecule has 0 spiro atoms. The van der Waals surface area contributed by atoms with Gasteiger partial charge in [0.05, 0.1) is 6.67 Å². The van der Waals surface area contributed by atoms with Gasteiger partial charge >= 0.3 is 0 Å². The predicted molar refractivity (Wildman–Crippen MR) is 89.0 cm³/mol. The van der Waals surface area contributed by atoms with Crippen LogP contribution in [0.25, 0.3) is 0 Å². The SMILES string of the molecule is CCNC(=NCCCF)N1CC2CCCCC2C1.I. The van der Waals surface area contributed by atoms with Gasteiger partial charge in [0.2, 0.25) is 0 Å². The summed E-state index contributed by atoms with van der Waals surface area (Å²) in [6.45, 7) is 5.60. The molecule has 2 atom stereocenters. The zero-order valence-corrected chi connectivity index (χ0v) is 14.2. The number of halogens is 2. The standard InChI is InChI=1S/C14H26FN3.HI/c1-2-16-14(17-9-5-8-15)18-10-12-6-3-4-7-13(12)11-18;/h12-13H,2-11H2,1H3,(H,16,17);1H. The van der Waals surface area contributed by atoms with E-state index < -0.39 is 0 Å². The number of aliphatic imine (C=N–C) groups is 1. The minimum Gasteiger partial charge on any atom is -0.357 e. The molecular weight excluding hydrogens is 356 g/mol. The van der Waals surface area contributed by atoms with Crippen LogP contribution >= 0.6 is 24.0 Å². The lowest BCUT2D eigenvalue weighted by Gasteiger charge is -2.22. The highest BCUT2D eigenvalue weighted by molar-refractivity contribution is 14.0. The second-order valence-corrected chi connectivity index (χ2v) is 5.49. The van der Waals surface area contributed by atoms with Gasteiger partial charge in [-0.05, 0) is 38.0 Å². The van der Waals surface area contributed by atoms with Gasteiger partial charge in [-0.3, -0.25) is 9.38 Å². The highest BCUT2D eigenvalue weighted by Crippen LogP contribution is 2.35. The predicted octanol–water partition coefficient (Wildman–Crippen LogP) is 3.05. The van der Waals surface area contributed by atoms with Gasteiger partial charge in [-0.15, -0.1) is 24.0 Å². The first-order chi connectivity index (χ1) is 8.85. The van der Waals surface area contributed by atoms with Crippen molar-refractivity contribution in [1.29, 1.82) is 0 Å². The van der Waals surface area contributed by atoms with Gasteiger partial charge in [-0.2, -0.15) is 0 Å². The Bertz CT molecular complexity index is 272. The molecule has 112 valence electrons. The first-order valence-corrected chi connectivity index (χ1v) is 7.44. The Morgan fingerprint density at radius 2 is 1.89 bits per heavy atom. The lowest BCUT2D eigenvalue weighted by atomic mass is 9.82. The molecule has 5 heteroatoms. The van der Waals surface area contributed by atoms with Crippen molar-refractivity contribution in [2.75, 3.05) is 32.9 Å². The maximum absolute atomic E-state index is 12.1. The highest BCUT2D eigenvalue weighted by Gasteiger charge is 2.35. The van der Waals surface area contributed by atoms with Crippen LogP contribution in [0.2, 0.25) is 0 Å². The number of likely N-dealkylation sites (tertiary alicyclic amines) is 1. The van der Waals surface area contributed by atoms with E-state index >= 15 is 0 Å². The van der Waals surface area contributed by atoms with Crippen LogP contribution in [0.4, 0.5) is 4.39 Å². The molecule has 1 heterocycles. The number of alkyl halides is 1. The third-order valence-electron chi connectivity index (χ3n) is 4.16. The molecule has 0 aromatic heterocycles. The maximum atomic E-state index is 12.1. The summed E-state index contributed by atoms with van der Waals surface area (Å²) in [4.78, 5) is 6.93. The fraction of sp³-hybridized carbons (Fsp3) is 0.929. The molecule has 2 rings (SSSR count). The topological polar surface area (TPSA) is 27.6 Å². The van der Waals surface area contributed by atoms with Crippen LogP contribution in [0.5, 0.6) is 0 Å². The Kier molecular flexibility index (Phi) is 8.02. The van der Waals surface area contributed by atoms with Crippen LogP contribution in [0.3, 0.4) is 0 Å². The molecule has 1 aliphatic carbocycles. The Hall–Kier alpha value is -0.0700. The average Bonchev–Trinajstić information content (AvgIpc) is 2.81. The Morgan fingerprint density at radius 1 is 1.26 bits per heavy atom. The van der Waals surface area contributed by atoms with Crippen LogP contribution in [0.15, 0.2) is 4.99 Å². The van der Waals surface area contributed by atoms with Gasteiger partial charge in [0, 0.05) is 26.2 Å². The zero-order valence-electron chi connectivity index (χ0n) is 11.9. The lowest BCUT2D eigenvalue weighted by Crippen LogP contribution is -2.40. The summed E-state index contributed by atoms with van der Waals surface area (Å²) >= 11 is 0. The Balaban J connectivity index is 0.00000180. The number of fused-ring (bicyclic) bond motifs is 1. The van der Waals surface area contributed by atoms with Crippen molar-refractivity contribution in [3.63, 3.8) is 0 Å². The fourth-order valence-electron chi connectivity index (χ4n) is 3.25. The van der Waals surface area contributed by atoms with Gasteiger partial charge < -0.3 is 10.2 Å². The summed E-state index contributed by atoms with van der Waals surface area (Å²) in [6, 6.07) is 0. The summed E-state index contributed by atoms with van der Waals surface area (Å²) in [7, 11) is 0. The van der Waals surface area contributed by atoms with E-state index in [0.717, 1.165) is 37.4 Å². The maximum Gasteiger partial charge on any atom is 0.193 e. The zero-order chi connectivity index (χ0) is 12.8. The second kappa shape index (κ2) is 8.97. The summed E-state index contributed by atoms with van der Waals surface area (Å²) < 4.78 is 12.1. The van der Waals surface area contributed by atoms with Crippen LogP contribution in [0, 0.1) is 11.8 Å². The summed E-state index contributed by atoms with van der Waals surface area (Å²) in [6.07, 6.45) is 6.08. The molecule has 0 bridgehead atoms. The van der Waals surface area contributed by atoms with Crippen molar-refractivity contribution in [1.82, 2.24) is 10.2 Å². The van der Waals surface area contributed by atoms with Gasteiger partial charge in [-0.1, -0.05) is 12.8 Å². The molecule has 2 unspecified atom stereocenters. The van der Waals surface area contributed by atoms with Crippen molar-refractivity contribution >= 4 is 29.9 Å². The molecule has 1 N–H and O–H groups in total. The van der Waals surface area contributed by atoms with E-state index in [-0.39, 0.29) is 30.7 Å². The van der Waals surface area contributed by atoms with Crippen LogP contribution in [0.1, 0.15) is 39.0 Å². The molecule has 0 aromatic carbocycles. The minimum atomic E-state index is -0.270. The highest BCUT2D eigenvalue weighted by atomic mass is 127. The van der Waals surface area contributed by atoms with Crippen molar-refractivity contribution in [2.24, 2.45) is 16.8 Å². The van der Waals surface area contributed by atoms with E-state index in [2.05, 4.69) is 22.1 Å². The molecule has 1 saturated heterocycles. The Morgan fingerprint density at radius 3 is 2.42 bits per heavy atom. The van der Waals surface area contributed by atoms with E-state index in [4.69, 9.17) is 0 Å². The number of nitrogens with one attached hydrogen (secondary N) is 1. The van der Waals surface area contributed by atoms with E-state index in [1.807, 2.05) is 0 Å². The molecule has 0 radical (unpaired) electrons. The summed E-state index contributed by atoms with van der Waals surface area (Å²) in [5.74, 6) is 2.73. The average molecular weight is 383 g/mol. The first-order valence-electron chi connectivity index (χ1n) is 7.44. The third-order valence-corrected chi connectivity index (χ3v) is 4.16. The molecule has 0 aromatic rings. The molecular formula is C14H27FIN3. The van der Waals surface area contributed by atoms with Gasteiger partial charge in [-0.25, -0.2) is 0 Å². The number of guanidine groups is 1. The smallest absolute Gasteiger partial charge is 0.193 e. The fourth-order valence-corrected chi connectivity index (χ4v) is 3.25. The number of hydrogen-bond acceptors (Lipinski definition) is 1. The van der Waals surface area contributed by atoms with Gasteiger partial charge in [0.25, 0.3) is 0 Å². The van der Waals surface area contributed by atoms with Crippen molar-refractivity contribution in [3.05, 3.63) is 0 Å². The van der Waals surface area contributed by atoms with Crippen molar-refractivity contribution < 1.29 is 4.39 Å².